The van der Waals surface area contributed by atoms with Crippen molar-refractivity contribution >= 4 is 15.9 Å². The quantitative estimate of drug-likeness (QED) is 0.719. The maximum Gasteiger partial charge on any atom is 0.119 e. The topological polar surface area (TPSA) is 21.7 Å². The second kappa shape index (κ2) is 8.56. The monoisotopic (exact) mass is 327 g/mol. The first-order chi connectivity index (χ1) is 9.38. The molecule has 1 saturated heterocycles. The zero-order valence-corrected chi connectivity index (χ0v) is 12.9. The van der Waals surface area contributed by atoms with Gasteiger partial charge >= 0.3 is 0 Å². The van der Waals surface area contributed by atoms with Gasteiger partial charge in [0.25, 0.3) is 0 Å². The molecule has 0 radical (unpaired) electrons. The van der Waals surface area contributed by atoms with E-state index in [9.17, 15) is 0 Å². The molecule has 0 spiro atoms. The van der Waals surface area contributed by atoms with Crippen molar-refractivity contribution in [3.05, 3.63) is 29.8 Å². The Labute approximate surface area is 124 Å². The molecule has 0 N–H and O–H groups in total. The number of morpholine rings is 1. The van der Waals surface area contributed by atoms with Crippen molar-refractivity contribution in [2.24, 2.45) is 0 Å². The Hall–Kier alpha value is -0.580. The molecule has 19 heavy (non-hydrogen) atoms. The van der Waals surface area contributed by atoms with E-state index in [1.165, 1.54) is 12.0 Å². The van der Waals surface area contributed by atoms with Gasteiger partial charge in [-0.15, -0.1) is 0 Å². The normalized spacial score (nSPS) is 16.5. The molecule has 2 rings (SSSR count). The van der Waals surface area contributed by atoms with Crippen LogP contribution in [0.3, 0.4) is 0 Å². The number of alkyl halides is 1. The van der Waals surface area contributed by atoms with Gasteiger partial charge in [-0.2, -0.15) is 0 Å². The van der Waals surface area contributed by atoms with Gasteiger partial charge in [-0.25, -0.2) is 0 Å². The van der Waals surface area contributed by atoms with Gasteiger partial charge < -0.3 is 9.47 Å². The van der Waals surface area contributed by atoms with E-state index in [1.807, 2.05) is 6.07 Å². The number of ether oxygens (including phenoxy) is 2. The summed E-state index contributed by atoms with van der Waals surface area (Å²) in [4.78, 5) is 2.48. The summed E-state index contributed by atoms with van der Waals surface area (Å²) in [5.74, 6) is 0.975. The average molecular weight is 328 g/mol. The van der Waals surface area contributed by atoms with Gasteiger partial charge in [0, 0.05) is 18.4 Å². The van der Waals surface area contributed by atoms with Gasteiger partial charge in [-0.1, -0.05) is 28.1 Å². The van der Waals surface area contributed by atoms with Gasteiger partial charge in [0.05, 0.1) is 19.8 Å². The maximum absolute atomic E-state index is 5.62. The molecule has 0 aliphatic carbocycles. The highest BCUT2D eigenvalue weighted by Gasteiger charge is 2.09. The number of nitrogens with zero attached hydrogens (tertiary/aromatic N) is 1. The molecule has 0 amide bonds. The van der Waals surface area contributed by atoms with Gasteiger partial charge in [0.1, 0.15) is 5.75 Å². The molecule has 1 aromatic rings. The molecule has 1 heterocycles. The van der Waals surface area contributed by atoms with E-state index in [-0.39, 0.29) is 0 Å². The van der Waals surface area contributed by atoms with Crippen LogP contribution in [-0.2, 0) is 11.2 Å². The van der Waals surface area contributed by atoms with Gasteiger partial charge in [-0.3, -0.25) is 4.90 Å². The van der Waals surface area contributed by atoms with Crippen molar-refractivity contribution in [1.82, 2.24) is 4.90 Å². The number of benzene rings is 1. The lowest BCUT2D eigenvalue weighted by molar-refractivity contribution is 0.0374. The molecule has 4 heteroatoms. The molecule has 3 nitrogen and oxygen atoms in total. The fraction of sp³-hybridized carbons (Fsp3) is 0.600. The zero-order valence-electron chi connectivity index (χ0n) is 11.3. The Morgan fingerprint density at radius 2 is 2.11 bits per heavy atom. The molecular weight excluding hydrogens is 306 g/mol. The summed E-state index contributed by atoms with van der Waals surface area (Å²) in [5.41, 5.74) is 1.36. The summed E-state index contributed by atoms with van der Waals surface area (Å²) in [6, 6.07) is 8.43. The number of rotatable bonds is 7. The van der Waals surface area contributed by atoms with Crippen molar-refractivity contribution in [1.29, 1.82) is 0 Å². The molecular formula is C15H22BrNO2. The standard InChI is InChI=1S/C15H22BrNO2/c16-6-10-19-15-5-1-3-14(13-15)4-2-7-17-8-11-18-12-9-17/h1,3,5,13H,2,4,6-12H2. The smallest absolute Gasteiger partial charge is 0.119 e. The average Bonchev–Trinajstić information content (AvgIpc) is 2.47. The number of hydrogen-bond acceptors (Lipinski definition) is 3. The second-order valence-corrected chi connectivity index (χ2v) is 5.54. The fourth-order valence-electron chi connectivity index (χ4n) is 2.28. The van der Waals surface area contributed by atoms with Gasteiger partial charge in [-0.05, 0) is 37.1 Å². The van der Waals surface area contributed by atoms with Gasteiger partial charge in [0.15, 0.2) is 0 Å². The Kier molecular flexibility index (Phi) is 6.68. The van der Waals surface area contributed by atoms with E-state index in [1.54, 1.807) is 0 Å². The molecule has 0 bridgehead atoms. The van der Waals surface area contributed by atoms with Crippen LogP contribution < -0.4 is 4.74 Å². The minimum atomic E-state index is 0.719. The third-order valence-electron chi connectivity index (χ3n) is 3.29. The van der Waals surface area contributed by atoms with E-state index in [4.69, 9.17) is 9.47 Å². The van der Waals surface area contributed by atoms with Gasteiger partial charge in [0.2, 0.25) is 0 Å². The first kappa shape index (κ1) is 14.8. The lowest BCUT2D eigenvalue weighted by Crippen LogP contribution is -2.36. The van der Waals surface area contributed by atoms with Crippen LogP contribution in [0.1, 0.15) is 12.0 Å². The molecule has 0 unspecified atom stereocenters. The molecule has 106 valence electrons. The summed E-state index contributed by atoms with van der Waals surface area (Å²) >= 11 is 3.37. The highest BCUT2D eigenvalue weighted by Crippen LogP contribution is 2.15. The van der Waals surface area contributed by atoms with Crippen LogP contribution in [0.4, 0.5) is 0 Å². The molecule has 0 atom stereocenters. The van der Waals surface area contributed by atoms with Crippen molar-refractivity contribution in [3.63, 3.8) is 0 Å². The van der Waals surface area contributed by atoms with Crippen LogP contribution in [0.2, 0.25) is 0 Å². The van der Waals surface area contributed by atoms with E-state index < -0.39 is 0 Å². The van der Waals surface area contributed by atoms with Crippen LogP contribution in [0.15, 0.2) is 24.3 Å². The summed E-state index contributed by atoms with van der Waals surface area (Å²) in [5, 5.41) is 0.869. The number of aryl methyl sites for hydroxylation is 1. The Morgan fingerprint density at radius 1 is 1.26 bits per heavy atom. The summed E-state index contributed by atoms with van der Waals surface area (Å²) < 4.78 is 11.0. The number of hydrogen-bond donors (Lipinski definition) is 0. The van der Waals surface area contributed by atoms with E-state index in [0.29, 0.717) is 0 Å². The Morgan fingerprint density at radius 3 is 2.89 bits per heavy atom. The fourth-order valence-corrected chi connectivity index (χ4v) is 2.44. The van der Waals surface area contributed by atoms with Crippen LogP contribution >= 0.6 is 15.9 Å². The predicted molar refractivity (Wildman–Crippen MR) is 81.3 cm³/mol. The highest BCUT2D eigenvalue weighted by molar-refractivity contribution is 9.09. The molecule has 1 aliphatic rings. The van der Waals surface area contributed by atoms with E-state index in [0.717, 1.165) is 57.0 Å². The summed E-state index contributed by atoms with van der Waals surface area (Å²) in [6.07, 6.45) is 2.31. The van der Waals surface area contributed by atoms with Crippen LogP contribution in [0.25, 0.3) is 0 Å². The molecule has 1 fully saturated rings. The largest absolute Gasteiger partial charge is 0.493 e. The first-order valence-electron chi connectivity index (χ1n) is 6.96. The second-order valence-electron chi connectivity index (χ2n) is 4.74. The minimum absolute atomic E-state index is 0.719. The molecule has 0 aromatic heterocycles. The number of halogens is 1. The third-order valence-corrected chi connectivity index (χ3v) is 3.61. The van der Waals surface area contributed by atoms with E-state index >= 15 is 0 Å². The molecule has 1 aliphatic heterocycles. The van der Waals surface area contributed by atoms with Crippen molar-refractivity contribution in [2.45, 2.75) is 12.8 Å². The minimum Gasteiger partial charge on any atom is -0.493 e. The van der Waals surface area contributed by atoms with Crippen molar-refractivity contribution < 1.29 is 9.47 Å². The molecule has 0 saturated carbocycles. The lowest BCUT2D eigenvalue weighted by atomic mass is 10.1. The van der Waals surface area contributed by atoms with Crippen LogP contribution in [-0.4, -0.2) is 49.7 Å². The predicted octanol–water partition coefficient (Wildman–Crippen LogP) is 2.73. The van der Waals surface area contributed by atoms with Crippen LogP contribution in [0, 0.1) is 0 Å². The maximum atomic E-state index is 5.62. The summed E-state index contributed by atoms with van der Waals surface area (Å²) in [6.45, 7) is 5.81. The lowest BCUT2D eigenvalue weighted by Gasteiger charge is -2.26. The highest BCUT2D eigenvalue weighted by atomic mass is 79.9. The SMILES string of the molecule is BrCCOc1cccc(CCCN2CCOCC2)c1. The zero-order chi connectivity index (χ0) is 13.3. The van der Waals surface area contributed by atoms with Crippen LogP contribution in [0.5, 0.6) is 5.75 Å². The third kappa shape index (κ3) is 5.51. The summed E-state index contributed by atoms with van der Waals surface area (Å²) in [7, 11) is 0. The van der Waals surface area contributed by atoms with Crippen molar-refractivity contribution in [3.8, 4) is 5.75 Å². The first-order valence-corrected chi connectivity index (χ1v) is 8.08. The Bertz CT molecular complexity index is 367. The molecule has 1 aromatic carbocycles. The van der Waals surface area contributed by atoms with Crippen molar-refractivity contribution in [2.75, 3.05) is 44.8 Å². The Balaban J connectivity index is 1.72. The van der Waals surface area contributed by atoms with E-state index in [2.05, 4.69) is 39.0 Å².